The number of allylic oxidation sites excluding steroid dienone is 7. The summed E-state index contributed by atoms with van der Waals surface area (Å²) in [6.07, 6.45) is 16.2. The molecule has 154 valence electrons. The van der Waals surface area contributed by atoms with E-state index in [0.717, 1.165) is 6.42 Å². The molecule has 0 aromatic heterocycles. The van der Waals surface area contributed by atoms with Crippen LogP contribution in [0.15, 0.2) is 53.0 Å². The number of hydrogen-bond acceptors (Lipinski definition) is 1. The van der Waals surface area contributed by atoms with Crippen LogP contribution in [0.5, 0.6) is 0 Å². The summed E-state index contributed by atoms with van der Waals surface area (Å²) in [5.74, 6) is 1.33. The van der Waals surface area contributed by atoms with E-state index >= 15 is 0 Å². The standard InChI is InChI=1S/C14H26NP.C10H18.Ti/c1-11(2)16(12(3)4,13(5)6)15-14-9-7-8-10-14;1-9(2)7-5-6-8-10(3)4;/h7-9,11-13H,10H2,1-6H3;5-10H,1-4H3;. The zero-order valence-corrected chi connectivity index (χ0v) is 22.0. The third kappa shape index (κ3) is 10.9. The van der Waals surface area contributed by atoms with Crippen molar-refractivity contribution in [2.24, 2.45) is 16.6 Å². The van der Waals surface area contributed by atoms with Gasteiger partial charge in [0.15, 0.2) is 0 Å². The molecule has 0 aromatic rings. The van der Waals surface area contributed by atoms with Gasteiger partial charge in [-0.15, -0.1) is 0 Å². The first-order chi connectivity index (χ1) is 12.0. The van der Waals surface area contributed by atoms with Crippen molar-refractivity contribution in [3.8, 4) is 0 Å². The van der Waals surface area contributed by atoms with Gasteiger partial charge in [0.2, 0.25) is 0 Å². The largest absolute Gasteiger partial charge is 0.271 e. The van der Waals surface area contributed by atoms with Crippen LogP contribution in [0.2, 0.25) is 0 Å². The van der Waals surface area contributed by atoms with Gasteiger partial charge in [-0.05, 0) is 41.9 Å². The van der Waals surface area contributed by atoms with E-state index in [0.29, 0.717) is 28.8 Å². The maximum atomic E-state index is 5.22. The van der Waals surface area contributed by atoms with Crippen molar-refractivity contribution >= 4 is 7.05 Å². The minimum absolute atomic E-state index is 0. The van der Waals surface area contributed by atoms with E-state index in [-0.39, 0.29) is 21.7 Å². The van der Waals surface area contributed by atoms with Crippen molar-refractivity contribution in [1.82, 2.24) is 0 Å². The normalized spacial score (nSPS) is 14.6. The van der Waals surface area contributed by atoms with Gasteiger partial charge in [0.1, 0.15) is 0 Å². The van der Waals surface area contributed by atoms with Gasteiger partial charge in [-0.25, -0.2) is 0 Å². The van der Waals surface area contributed by atoms with Crippen molar-refractivity contribution in [3.05, 3.63) is 48.2 Å². The predicted molar refractivity (Wildman–Crippen MR) is 125 cm³/mol. The molecule has 27 heavy (non-hydrogen) atoms. The Hall–Kier alpha value is -0.0957. The second-order valence-corrected chi connectivity index (χ2v) is 13.6. The predicted octanol–water partition coefficient (Wildman–Crippen LogP) is 8.66. The molecule has 0 bridgehead atoms. The van der Waals surface area contributed by atoms with Gasteiger partial charge in [0.25, 0.3) is 0 Å². The SMILES string of the molecule is CC(C)C=CC=CC(C)C.CC(C)P(=NC1=CC=CC1)(C(C)C)C(C)C.[Ti]. The quantitative estimate of drug-likeness (QED) is 0.220. The molecule has 1 nitrogen and oxygen atoms in total. The maximum absolute atomic E-state index is 5.22. The van der Waals surface area contributed by atoms with Gasteiger partial charge in [-0.1, -0.05) is 106 Å². The Labute approximate surface area is 185 Å². The van der Waals surface area contributed by atoms with Crippen LogP contribution < -0.4 is 0 Å². The summed E-state index contributed by atoms with van der Waals surface area (Å²) in [5, 5.41) is 0. The summed E-state index contributed by atoms with van der Waals surface area (Å²) in [7, 11) is -1.24. The van der Waals surface area contributed by atoms with Crippen LogP contribution in [0.1, 0.15) is 75.7 Å². The third-order valence-corrected chi connectivity index (χ3v) is 10.2. The van der Waals surface area contributed by atoms with Gasteiger partial charge in [0, 0.05) is 33.8 Å². The van der Waals surface area contributed by atoms with E-state index in [9.17, 15) is 0 Å². The van der Waals surface area contributed by atoms with E-state index in [4.69, 9.17) is 4.74 Å². The second-order valence-electron chi connectivity index (χ2n) is 8.72. The van der Waals surface area contributed by atoms with E-state index in [1.54, 1.807) is 0 Å². The Morgan fingerprint density at radius 1 is 0.778 bits per heavy atom. The summed E-state index contributed by atoms with van der Waals surface area (Å²) in [5.41, 5.74) is 3.36. The van der Waals surface area contributed by atoms with E-state index in [1.165, 1.54) is 5.70 Å². The fourth-order valence-electron chi connectivity index (χ4n) is 3.44. The minimum Gasteiger partial charge on any atom is -0.271 e. The van der Waals surface area contributed by atoms with Crippen molar-refractivity contribution in [2.75, 3.05) is 0 Å². The third-order valence-electron chi connectivity index (χ3n) is 4.64. The molecule has 1 rings (SSSR count). The van der Waals surface area contributed by atoms with Gasteiger partial charge in [-0.2, -0.15) is 0 Å². The molecule has 1 aliphatic carbocycles. The fraction of sp³-hybridized carbons (Fsp3) is 0.667. The van der Waals surface area contributed by atoms with Crippen LogP contribution in [0.3, 0.4) is 0 Å². The molecule has 0 N–H and O–H groups in total. The van der Waals surface area contributed by atoms with Gasteiger partial charge < -0.3 is 0 Å². The van der Waals surface area contributed by atoms with E-state index in [1.807, 2.05) is 0 Å². The molecular weight excluding hydrogens is 381 g/mol. The molecule has 0 saturated heterocycles. The summed E-state index contributed by atoms with van der Waals surface area (Å²) in [6, 6.07) is 0. The van der Waals surface area contributed by atoms with Crippen molar-refractivity contribution < 1.29 is 21.7 Å². The zero-order chi connectivity index (χ0) is 20.3. The molecule has 0 atom stereocenters. The topological polar surface area (TPSA) is 12.4 Å². The van der Waals surface area contributed by atoms with Crippen molar-refractivity contribution in [1.29, 1.82) is 0 Å². The Kier molecular flexibility index (Phi) is 16.0. The van der Waals surface area contributed by atoms with Gasteiger partial charge in [0.05, 0.1) is 0 Å². The Balaban J connectivity index is 0. The summed E-state index contributed by atoms with van der Waals surface area (Å²) < 4.78 is 5.22. The number of hydrogen-bond donors (Lipinski definition) is 0. The van der Waals surface area contributed by atoms with E-state index < -0.39 is 7.05 Å². The van der Waals surface area contributed by atoms with Crippen LogP contribution in [0.25, 0.3) is 0 Å². The molecule has 0 aliphatic heterocycles. The molecule has 0 unspecified atom stereocenters. The average Bonchev–Trinajstić information content (AvgIpc) is 3.01. The monoisotopic (exact) mass is 425 g/mol. The van der Waals surface area contributed by atoms with Crippen LogP contribution in [-0.2, 0) is 21.7 Å². The Morgan fingerprint density at radius 3 is 1.44 bits per heavy atom. The molecule has 1 aliphatic rings. The smallest absolute Gasteiger partial charge is 0.0425 e. The first kappa shape index (κ1) is 29.1. The van der Waals surface area contributed by atoms with Crippen molar-refractivity contribution in [2.45, 2.75) is 92.6 Å². The van der Waals surface area contributed by atoms with Crippen molar-refractivity contribution in [3.63, 3.8) is 0 Å². The fourth-order valence-corrected chi connectivity index (χ4v) is 8.30. The van der Waals surface area contributed by atoms with E-state index in [2.05, 4.69) is 112 Å². The molecule has 0 fully saturated rings. The van der Waals surface area contributed by atoms with Crippen LogP contribution in [-0.4, -0.2) is 17.0 Å². The van der Waals surface area contributed by atoms with Crippen LogP contribution in [0.4, 0.5) is 0 Å². The molecule has 3 heteroatoms. The number of nitrogens with zero attached hydrogens (tertiary/aromatic N) is 1. The first-order valence-corrected chi connectivity index (χ1v) is 12.3. The van der Waals surface area contributed by atoms with Gasteiger partial charge >= 0.3 is 0 Å². The summed E-state index contributed by atoms with van der Waals surface area (Å²) in [6.45, 7) is 22.8. The Morgan fingerprint density at radius 2 is 1.19 bits per heavy atom. The molecule has 0 amide bonds. The van der Waals surface area contributed by atoms with Crippen LogP contribution >= 0.6 is 7.05 Å². The minimum atomic E-state index is -1.24. The molecule has 0 spiro atoms. The summed E-state index contributed by atoms with van der Waals surface area (Å²) >= 11 is 0. The van der Waals surface area contributed by atoms with Gasteiger partial charge in [-0.3, -0.25) is 4.74 Å². The maximum Gasteiger partial charge on any atom is 0.0425 e. The first-order valence-electron chi connectivity index (χ1n) is 10.4. The molecule has 0 heterocycles. The Bertz CT molecular complexity index is 516. The molecule has 0 aromatic carbocycles. The zero-order valence-electron chi connectivity index (χ0n) is 19.5. The number of rotatable bonds is 7. The molecule has 0 saturated carbocycles. The average molecular weight is 425 g/mol. The molecule has 0 radical (unpaired) electrons. The molecular formula is C24H44NPTi. The van der Waals surface area contributed by atoms with Crippen LogP contribution in [0, 0.1) is 11.8 Å². The summed E-state index contributed by atoms with van der Waals surface area (Å²) in [4.78, 5) is 0. The second kappa shape index (κ2) is 14.8.